The number of carbonyl (C=O) groups is 1. The van der Waals surface area contributed by atoms with E-state index in [0.29, 0.717) is 5.92 Å². The van der Waals surface area contributed by atoms with Crippen LogP contribution in [0.5, 0.6) is 0 Å². The summed E-state index contributed by atoms with van der Waals surface area (Å²) in [6, 6.07) is 1.78. The highest BCUT2D eigenvalue weighted by atomic mass is 16.3. The number of hydrogen-bond acceptors (Lipinski definition) is 2. The van der Waals surface area contributed by atoms with E-state index in [9.17, 15) is 4.79 Å². The van der Waals surface area contributed by atoms with Crippen LogP contribution < -0.4 is 0 Å². The van der Waals surface area contributed by atoms with Gasteiger partial charge in [0.05, 0.1) is 11.8 Å². The molecule has 0 bridgehead atoms. The second-order valence-corrected chi connectivity index (χ2v) is 4.44. The summed E-state index contributed by atoms with van der Waals surface area (Å²) in [6.07, 6.45) is 9.03. The van der Waals surface area contributed by atoms with Gasteiger partial charge in [0, 0.05) is 5.92 Å². The SMILES string of the molecule is CCC1CCCCC1C(=O)c1ccoc1. The smallest absolute Gasteiger partial charge is 0.169 e. The molecule has 1 fully saturated rings. The molecule has 0 N–H and O–H groups in total. The van der Waals surface area contributed by atoms with E-state index in [1.807, 2.05) is 0 Å². The third-order valence-electron chi connectivity index (χ3n) is 3.58. The fourth-order valence-corrected chi connectivity index (χ4v) is 2.66. The summed E-state index contributed by atoms with van der Waals surface area (Å²) in [6.45, 7) is 2.19. The first-order valence-electron chi connectivity index (χ1n) is 5.89. The van der Waals surface area contributed by atoms with Gasteiger partial charge in [-0.3, -0.25) is 4.79 Å². The van der Waals surface area contributed by atoms with Crippen LogP contribution in [0.4, 0.5) is 0 Å². The van der Waals surface area contributed by atoms with Crippen LogP contribution in [-0.2, 0) is 0 Å². The first-order chi connectivity index (χ1) is 7.33. The van der Waals surface area contributed by atoms with Gasteiger partial charge in [0.15, 0.2) is 5.78 Å². The third kappa shape index (κ3) is 2.14. The molecule has 0 saturated heterocycles. The van der Waals surface area contributed by atoms with E-state index in [1.54, 1.807) is 18.6 Å². The summed E-state index contributed by atoms with van der Waals surface area (Å²) in [5.74, 6) is 1.11. The third-order valence-corrected chi connectivity index (χ3v) is 3.58. The quantitative estimate of drug-likeness (QED) is 0.706. The number of furan rings is 1. The molecule has 0 spiro atoms. The molecule has 1 aliphatic carbocycles. The minimum absolute atomic E-state index is 0.237. The molecule has 2 rings (SSSR count). The average molecular weight is 206 g/mol. The first kappa shape index (κ1) is 10.5. The zero-order chi connectivity index (χ0) is 10.7. The molecule has 1 saturated carbocycles. The van der Waals surface area contributed by atoms with Crippen LogP contribution in [0.3, 0.4) is 0 Å². The lowest BCUT2D eigenvalue weighted by Crippen LogP contribution is -2.26. The Labute approximate surface area is 90.7 Å². The molecule has 2 atom stereocenters. The van der Waals surface area contributed by atoms with Gasteiger partial charge in [0.25, 0.3) is 0 Å². The Kier molecular flexibility index (Phi) is 3.24. The van der Waals surface area contributed by atoms with Crippen molar-refractivity contribution < 1.29 is 9.21 Å². The monoisotopic (exact) mass is 206 g/mol. The molecule has 1 aromatic rings. The fraction of sp³-hybridized carbons (Fsp3) is 0.615. The molecule has 0 amide bonds. The van der Waals surface area contributed by atoms with Gasteiger partial charge in [0.2, 0.25) is 0 Å². The average Bonchev–Trinajstić information content (AvgIpc) is 2.81. The van der Waals surface area contributed by atoms with Crippen LogP contribution in [0.1, 0.15) is 49.4 Å². The molecule has 82 valence electrons. The van der Waals surface area contributed by atoms with Crippen LogP contribution in [0, 0.1) is 11.8 Å². The molecule has 1 aromatic heterocycles. The van der Waals surface area contributed by atoms with Crippen molar-refractivity contribution in [3.8, 4) is 0 Å². The summed E-state index contributed by atoms with van der Waals surface area (Å²) in [5, 5.41) is 0. The van der Waals surface area contributed by atoms with Crippen molar-refractivity contribution in [3.05, 3.63) is 24.2 Å². The minimum Gasteiger partial charge on any atom is -0.472 e. The second-order valence-electron chi connectivity index (χ2n) is 4.44. The van der Waals surface area contributed by atoms with Crippen molar-refractivity contribution in [1.82, 2.24) is 0 Å². The molecular formula is C13H18O2. The summed E-state index contributed by atoms with van der Waals surface area (Å²) in [4.78, 5) is 12.2. The highest BCUT2D eigenvalue weighted by molar-refractivity contribution is 5.97. The first-order valence-corrected chi connectivity index (χ1v) is 5.89. The number of hydrogen-bond donors (Lipinski definition) is 0. The molecule has 15 heavy (non-hydrogen) atoms. The summed E-state index contributed by atoms with van der Waals surface area (Å²) in [5.41, 5.74) is 0.750. The summed E-state index contributed by atoms with van der Waals surface area (Å²) >= 11 is 0. The molecule has 0 aromatic carbocycles. The molecule has 2 unspecified atom stereocenters. The number of Topliss-reactive ketones (excluding diaryl/α,β-unsaturated/α-hetero) is 1. The van der Waals surface area contributed by atoms with E-state index in [0.717, 1.165) is 18.4 Å². The lowest BCUT2D eigenvalue weighted by molar-refractivity contribution is 0.0819. The lowest BCUT2D eigenvalue weighted by Gasteiger charge is -2.29. The molecule has 0 radical (unpaired) electrons. The number of ketones is 1. The van der Waals surface area contributed by atoms with E-state index < -0.39 is 0 Å². The minimum atomic E-state index is 0.237. The second kappa shape index (κ2) is 4.65. The van der Waals surface area contributed by atoms with E-state index in [-0.39, 0.29) is 11.7 Å². The van der Waals surface area contributed by atoms with E-state index in [1.165, 1.54) is 19.3 Å². The van der Waals surface area contributed by atoms with Gasteiger partial charge >= 0.3 is 0 Å². The zero-order valence-electron chi connectivity index (χ0n) is 9.24. The highest BCUT2D eigenvalue weighted by Gasteiger charge is 2.30. The highest BCUT2D eigenvalue weighted by Crippen LogP contribution is 2.34. The zero-order valence-corrected chi connectivity index (χ0v) is 9.24. The Morgan fingerprint density at radius 3 is 2.93 bits per heavy atom. The van der Waals surface area contributed by atoms with Crippen LogP contribution in [0.25, 0.3) is 0 Å². The van der Waals surface area contributed by atoms with Crippen molar-refractivity contribution in [1.29, 1.82) is 0 Å². The van der Waals surface area contributed by atoms with Crippen LogP contribution in [0.2, 0.25) is 0 Å². The predicted octanol–water partition coefficient (Wildman–Crippen LogP) is 3.68. The van der Waals surface area contributed by atoms with Gasteiger partial charge in [-0.1, -0.05) is 26.2 Å². The molecule has 2 nitrogen and oxygen atoms in total. The number of rotatable bonds is 3. The van der Waals surface area contributed by atoms with Crippen molar-refractivity contribution in [2.24, 2.45) is 11.8 Å². The lowest BCUT2D eigenvalue weighted by atomic mass is 9.74. The molecule has 1 heterocycles. The van der Waals surface area contributed by atoms with E-state index >= 15 is 0 Å². The van der Waals surface area contributed by atoms with Crippen molar-refractivity contribution in [3.63, 3.8) is 0 Å². The van der Waals surface area contributed by atoms with E-state index in [4.69, 9.17) is 4.42 Å². The van der Waals surface area contributed by atoms with Crippen LogP contribution in [-0.4, -0.2) is 5.78 Å². The normalized spacial score (nSPS) is 26.5. The van der Waals surface area contributed by atoms with Crippen LogP contribution in [0.15, 0.2) is 23.0 Å². The maximum atomic E-state index is 12.2. The van der Waals surface area contributed by atoms with Gasteiger partial charge < -0.3 is 4.42 Å². The molecule has 1 aliphatic rings. The standard InChI is InChI=1S/C13H18O2/c1-2-10-5-3-4-6-12(10)13(14)11-7-8-15-9-11/h7-10,12H,2-6H2,1H3. The largest absolute Gasteiger partial charge is 0.472 e. The topological polar surface area (TPSA) is 30.2 Å². The van der Waals surface area contributed by atoms with Gasteiger partial charge in [-0.2, -0.15) is 0 Å². The summed E-state index contributed by atoms with van der Waals surface area (Å²) < 4.78 is 4.97. The Morgan fingerprint density at radius 2 is 2.27 bits per heavy atom. The van der Waals surface area contributed by atoms with Crippen molar-refractivity contribution in [2.75, 3.05) is 0 Å². The Bertz CT molecular complexity index is 313. The maximum absolute atomic E-state index is 12.2. The van der Waals surface area contributed by atoms with Gasteiger partial charge in [-0.15, -0.1) is 0 Å². The van der Waals surface area contributed by atoms with Crippen molar-refractivity contribution in [2.45, 2.75) is 39.0 Å². The molecular weight excluding hydrogens is 188 g/mol. The Hall–Kier alpha value is -1.05. The van der Waals surface area contributed by atoms with Gasteiger partial charge in [-0.05, 0) is 24.8 Å². The Morgan fingerprint density at radius 1 is 1.47 bits per heavy atom. The molecule has 0 aliphatic heterocycles. The predicted molar refractivity (Wildman–Crippen MR) is 58.8 cm³/mol. The number of carbonyl (C=O) groups excluding carboxylic acids is 1. The fourth-order valence-electron chi connectivity index (χ4n) is 2.66. The van der Waals surface area contributed by atoms with Gasteiger partial charge in [0.1, 0.15) is 6.26 Å². The summed E-state index contributed by atoms with van der Waals surface area (Å²) in [7, 11) is 0. The molecule has 2 heteroatoms. The van der Waals surface area contributed by atoms with Crippen molar-refractivity contribution >= 4 is 5.78 Å². The van der Waals surface area contributed by atoms with E-state index in [2.05, 4.69) is 6.92 Å². The maximum Gasteiger partial charge on any atom is 0.169 e. The Balaban J connectivity index is 2.11. The van der Waals surface area contributed by atoms with Gasteiger partial charge in [-0.25, -0.2) is 0 Å². The van der Waals surface area contributed by atoms with Crippen LogP contribution >= 0.6 is 0 Å².